The van der Waals surface area contributed by atoms with Gasteiger partial charge in [0.25, 0.3) is 0 Å². The van der Waals surface area contributed by atoms with Gasteiger partial charge in [0.1, 0.15) is 5.75 Å². The van der Waals surface area contributed by atoms with Crippen LogP contribution in [0.25, 0.3) is 0 Å². The molecule has 0 unspecified atom stereocenters. The maximum atomic E-state index is 6.19. The molecule has 0 amide bonds. The second kappa shape index (κ2) is 7.10. The number of hydrogen-bond donors (Lipinski definition) is 1. The Morgan fingerprint density at radius 2 is 1.88 bits per heavy atom. The van der Waals surface area contributed by atoms with Gasteiger partial charge in [-0.15, -0.1) is 0 Å². The second-order valence-electron chi connectivity index (χ2n) is 3.96. The molecule has 0 bridgehead atoms. The van der Waals surface area contributed by atoms with Crippen molar-refractivity contribution in [2.75, 3.05) is 7.05 Å². The molecule has 0 heterocycles. The van der Waals surface area contributed by atoms with Gasteiger partial charge in [-0.05, 0) is 32.0 Å². The standard InChI is InChI=1S/C13H19Cl2NO/c1-4-11(5-2)17-13-9(8-16-3)6-10(14)7-12(13)15/h6-7,11,16H,4-5,8H2,1-3H3. The van der Waals surface area contributed by atoms with Gasteiger partial charge in [0.15, 0.2) is 0 Å². The molecule has 0 saturated heterocycles. The van der Waals surface area contributed by atoms with Gasteiger partial charge in [-0.2, -0.15) is 0 Å². The molecule has 0 aliphatic carbocycles. The van der Waals surface area contributed by atoms with Gasteiger partial charge < -0.3 is 10.1 Å². The minimum absolute atomic E-state index is 0.198. The van der Waals surface area contributed by atoms with Crippen molar-refractivity contribution >= 4 is 23.2 Å². The fraction of sp³-hybridized carbons (Fsp3) is 0.538. The van der Waals surface area contributed by atoms with Crippen molar-refractivity contribution in [1.82, 2.24) is 5.32 Å². The van der Waals surface area contributed by atoms with Crippen molar-refractivity contribution in [2.24, 2.45) is 0 Å². The van der Waals surface area contributed by atoms with Crippen LogP contribution in [0.4, 0.5) is 0 Å². The van der Waals surface area contributed by atoms with E-state index in [2.05, 4.69) is 19.2 Å². The largest absolute Gasteiger partial charge is 0.489 e. The topological polar surface area (TPSA) is 21.3 Å². The zero-order chi connectivity index (χ0) is 12.8. The van der Waals surface area contributed by atoms with Crippen LogP contribution < -0.4 is 10.1 Å². The number of rotatable bonds is 6. The molecule has 1 rings (SSSR count). The second-order valence-corrected chi connectivity index (χ2v) is 4.81. The predicted molar refractivity (Wildman–Crippen MR) is 74.2 cm³/mol. The summed E-state index contributed by atoms with van der Waals surface area (Å²) in [5, 5.41) is 4.31. The highest BCUT2D eigenvalue weighted by molar-refractivity contribution is 6.35. The SMILES string of the molecule is CCC(CC)Oc1c(Cl)cc(Cl)cc1CNC. The van der Waals surface area contributed by atoms with Crippen LogP contribution in [-0.2, 0) is 6.54 Å². The van der Waals surface area contributed by atoms with E-state index in [1.807, 2.05) is 13.1 Å². The van der Waals surface area contributed by atoms with E-state index >= 15 is 0 Å². The average molecular weight is 276 g/mol. The third kappa shape index (κ3) is 4.06. The summed E-state index contributed by atoms with van der Waals surface area (Å²) in [5.41, 5.74) is 0.997. The van der Waals surface area contributed by atoms with Crippen LogP contribution in [0.2, 0.25) is 10.0 Å². The molecule has 4 heteroatoms. The zero-order valence-corrected chi connectivity index (χ0v) is 12.0. The van der Waals surface area contributed by atoms with Crippen LogP contribution in [0.15, 0.2) is 12.1 Å². The molecule has 1 aromatic rings. The lowest BCUT2D eigenvalue weighted by molar-refractivity contribution is 0.191. The number of benzene rings is 1. The zero-order valence-electron chi connectivity index (χ0n) is 10.5. The van der Waals surface area contributed by atoms with E-state index in [0.717, 1.165) is 24.2 Å². The van der Waals surface area contributed by atoms with Gasteiger partial charge in [0, 0.05) is 17.1 Å². The molecule has 96 valence electrons. The summed E-state index contributed by atoms with van der Waals surface area (Å²) in [6.45, 7) is 4.90. The number of hydrogen-bond acceptors (Lipinski definition) is 2. The van der Waals surface area contributed by atoms with Gasteiger partial charge in [-0.3, -0.25) is 0 Å². The first-order valence-electron chi connectivity index (χ1n) is 5.91. The summed E-state index contributed by atoms with van der Waals surface area (Å²) in [6.07, 6.45) is 2.13. The van der Waals surface area contributed by atoms with Crippen molar-refractivity contribution in [1.29, 1.82) is 0 Å². The van der Waals surface area contributed by atoms with E-state index in [1.54, 1.807) is 6.07 Å². The Morgan fingerprint density at radius 1 is 1.24 bits per heavy atom. The van der Waals surface area contributed by atoms with Gasteiger partial charge in [0.2, 0.25) is 0 Å². The summed E-state index contributed by atoms with van der Waals surface area (Å²) in [5.74, 6) is 0.749. The first-order chi connectivity index (χ1) is 8.12. The minimum atomic E-state index is 0.198. The summed E-state index contributed by atoms with van der Waals surface area (Å²) in [4.78, 5) is 0. The molecule has 1 N–H and O–H groups in total. The third-order valence-electron chi connectivity index (χ3n) is 2.65. The van der Waals surface area contributed by atoms with Crippen molar-refractivity contribution in [3.63, 3.8) is 0 Å². The summed E-state index contributed by atoms with van der Waals surface area (Å²) >= 11 is 12.2. The Balaban J connectivity index is 3.02. The van der Waals surface area contributed by atoms with Crippen molar-refractivity contribution in [3.8, 4) is 5.75 Å². The molecule has 0 aromatic heterocycles. The quantitative estimate of drug-likeness (QED) is 0.837. The highest BCUT2D eigenvalue weighted by Gasteiger charge is 2.14. The molecule has 0 atom stereocenters. The third-order valence-corrected chi connectivity index (χ3v) is 3.15. The summed E-state index contributed by atoms with van der Waals surface area (Å²) in [6, 6.07) is 3.61. The van der Waals surface area contributed by atoms with Gasteiger partial charge in [-0.25, -0.2) is 0 Å². The molecule has 1 aromatic carbocycles. The van der Waals surface area contributed by atoms with Crippen LogP contribution in [0.1, 0.15) is 32.3 Å². The Morgan fingerprint density at radius 3 is 2.41 bits per heavy atom. The molecular weight excluding hydrogens is 257 g/mol. The summed E-state index contributed by atoms with van der Waals surface area (Å²) in [7, 11) is 1.88. The molecule has 0 radical (unpaired) electrons. The normalized spacial score (nSPS) is 10.9. The number of ether oxygens (including phenoxy) is 1. The van der Waals surface area contributed by atoms with Gasteiger partial charge in [-0.1, -0.05) is 37.0 Å². The lowest BCUT2D eigenvalue weighted by atomic mass is 10.1. The summed E-state index contributed by atoms with van der Waals surface area (Å²) < 4.78 is 5.95. The molecule has 0 aliphatic rings. The molecule has 0 saturated carbocycles. The average Bonchev–Trinajstić information content (AvgIpc) is 2.29. The highest BCUT2D eigenvalue weighted by Crippen LogP contribution is 2.33. The van der Waals surface area contributed by atoms with Crippen molar-refractivity contribution < 1.29 is 4.74 Å². The fourth-order valence-electron chi connectivity index (χ4n) is 1.69. The predicted octanol–water partition coefficient (Wildman–Crippen LogP) is 4.28. The smallest absolute Gasteiger partial charge is 0.142 e. The van der Waals surface area contributed by atoms with Crippen molar-refractivity contribution in [2.45, 2.75) is 39.3 Å². The fourth-order valence-corrected chi connectivity index (χ4v) is 2.27. The van der Waals surface area contributed by atoms with E-state index < -0.39 is 0 Å². The van der Waals surface area contributed by atoms with E-state index in [9.17, 15) is 0 Å². The lowest BCUT2D eigenvalue weighted by Crippen LogP contribution is -2.16. The lowest BCUT2D eigenvalue weighted by Gasteiger charge is -2.20. The molecule has 2 nitrogen and oxygen atoms in total. The van der Waals surface area contributed by atoms with Gasteiger partial charge >= 0.3 is 0 Å². The van der Waals surface area contributed by atoms with Gasteiger partial charge in [0.05, 0.1) is 11.1 Å². The first kappa shape index (κ1) is 14.6. The molecule has 0 spiro atoms. The Labute approximate surface area is 113 Å². The maximum Gasteiger partial charge on any atom is 0.142 e. The van der Waals surface area contributed by atoms with Crippen LogP contribution >= 0.6 is 23.2 Å². The monoisotopic (exact) mass is 275 g/mol. The molecule has 0 aliphatic heterocycles. The molecular formula is C13H19Cl2NO. The van der Waals surface area contributed by atoms with Crippen LogP contribution in [0, 0.1) is 0 Å². The van der Waals surface area contributed by atoms with E-state index in [-0.39, 0.29) is 6.10 Å². The molecule has 0 fully saturated rings. The van der Waals surface area contributed by atoms with Crippen LogP contribution in [-0.4, -0.2) is 13.2 Å². The van der Waals surface area contributed by atoms with E-state index in [0.29, 0.717) is 16.6 Å². The van der Waals surface area contributed by atoms with E-state index in [1.165, 1.54) is 0 Å². The highest BCUT2D eigenvalue weighted by atomic mass is 35.5. The minimum Gasteiger partial charge on any atom is -0.489 e. The number of halogens is 2. The maximum absolute atomic E-state index is 6.19. The first-order valence-corrected chi connectivity index (χ1v) is 6.67. The van der Waals surface area contributed by atoms with Crippen molar-refractivity contribution in [3.05, 3.63) is 27.7 Å². The van der Waals surface area contributed by atoms with Crippen LogP contribution in [0.3, 0.4) is 0 Å². The molecule has 17 heavy (non-hydrogen) atoms. The number of nitrogens with one attached hydrogen (secondary N) is 1. The van der Waals surface area contributed by atoms with Crippen LogP contribution in [0.5, 0.6) is 5.75 Å². The Kier molecular flexibility index (Phi) is 6.10. The van der Waals surface area contributed by atoms with E-state index in [4.69, 9.17) is 27.9 Å². The Hall–Kier alpha value is -0.440. The Bertz CT molecular complexity index is 365.